The lowest BCUT2D eigenvalue weighted by molar-refractivity contribution is 0.102. The van der Waals surface area contributed by atoms with Gasteiger partial charge in [-0.25, -0.2) is 4.98 Å². The third-order valence-corrected chi connectivity index (χ3v) is 6.69. The molecule has 1 amide bonds. The van der Waals surface area contributed by atoms with Gasteiger partial charge in [-0.3, -0.25) is 9.89 Å². The van der Waals surface area contributed by atoms with Gasteiger partial charge in [-0.1, -0.05) is 0 Å². The van der Waals surface area contributed by atoms with E-state index in [0.717, 1.165) is 41.4 Å². The van der Waals surface area contributed by atoms with Crippen molar-refractivity contribution in [3.8, 4) is 10.6 Å². The van der Waals surface area contributed by atoms with Crippen molar-refractivity contribution in [2.45, 2.75) is 6.92 Å². The lowest BCUT2D eigenvalue weighted by atomic mass is 10.2. The predicted molar refractivity (Wildman–Crippen MR) is 134 cm³/mol. The van der Waals surface area contributed by atoms with Crippen LogP contribution in [0, 0.1) is 0 Å². The van der Waals surface area contributed by atoms with Crippen molar-refractivity contribution in [3.05, 3.63) is 35.6 Å². The molecule has 0 radical (unpaired) electrons. The molecular weight excluding hydrogens is 470 g/mol. The minimum absolute atomic E-state index is 0.299. The zero-order valence-corrected chi connectivity index (χ0v) is 20.4. The molecule has 0 atom stereocenters. The molecule has 0 aliphatic carbocycles. The molecule has 5 rings (SSSR count). The molecule has 0 spiro atoms. The number of thiazole rings is 1. The Morgan fingerprint density at radius 2 is 2.17 bits per heavy atom. The van der Waals surface area contributed by atoms with Crippen LogP contribution in [0.1, 0.15) is 17.4 Å². The Balaban J connectivity index is 1.47. The first-order chi connectivity index (χ1) is 17.2. The van der Waals surface area contributed by atoms with E-state index in [1.54, 1.807) is 24.9 Å². The van der Waals surface area contributed by atoms with Gasteiger partial charge in [0.1, 0.15) is 16.2 Å². The number of aromatic amines is 1. The molecule has 11 nitrogen and oxygen atoms in total. The van der Waals surface area contributed by atoms with Crippen LogP contribution in [0.15, 0.2) is 34.3 Å². The summed E-state index contributed by atoms with van der Waals surface area (Å²) in [6.45, 7) is 6.73. The van der Waals surface area contributed by atoms with Crippen molar-refractivity contribution >= 4 is 45.7 Å². The molecule has 35 heavy (non-hydrogen) atoms. The predicted octanol–water partition coefficient (Wildman–Crippen LogP) is 3.24. The Hall–Kier alpha value is -3.48. The summed E-state index contributed by atoms with van der Waals surface area (Å²) in [6, 6.07) is 4.34. The van der Waals surface area contributed by atoms with Gasteiger partial charge >= 0.3 is 0 Å². The van der Waals surface area contributed by atoms with Gasteiger partial charge in [-0.05, 0) is 13.0 Å². The second-order valence-corrected chi connectivity index (χ2v) is 8.84. The maximum atomic E-state index is 13.2. The molecule has 1 aromatic carbocycles. The highest BCUT2D eigenvalue weighted by Gasteiger charge is 2.22. The van der Waals surface area contributed by atoms with Crippen LogP contribution in [-0.4, -0.2) is 79.2 Å². The van der Waals surface area contributed by atoms with E-state index in [-0.39, 0.29) is 5.91 Å². The number of morpholine rings is 1. The fourth-order valence-corrected chi connectivity index (χ4v) is 4.70. The summed E-state index contributed by atoms with van der Waals surface area (Å²) in [4.78, 5) is 26.6. The zero-order valence-electron chi connectivity index (χ0n) is 19.6. The molecular formula is C23H27N7O4S. The van der Waals surface area contributed by atoms with Crippen molar-refractivity contribution in [1.29, 1.82) is 0 Å². The molecule has 4 heterocycles. The van der Waals surface area contributed by atoms with Gasteiger partial charge in [0.05, 0.1) is 37.4 Å². The average molecular weight is 498 g/mol. The number of rotatable bonds is 9. The third kappa shape index (κ3) is 4.99. The standard InChI is InChI=1S/C23H27N7O4S/c1-3-29(4-7-32-2)19-10-17-20(34-23(28-17)30-5-8-33-9-6-30)11-16(19)26-21(31)18-14-35-22(27-18)15-12-24-25-13-15/h10-14H,3-9H2,1-2H3,(H,24,25)(H,26,31). The first kappa shape index (κ1) is 23.3. The minimum Gasteiger partial charge on any atom is -0.423 e. The van der Waals surface area contributed by atoms with Crippen LogP contribution in [0.25, 0.3) is 21.7 Å². The van der Waals surface area contributed by atoms with Crippen LogP contribution in [0.4, 0.5) is 17.4 Å². The molecule has 0 bridgehead atoms. The quantitative estimate of drug-likeness (QED) is 0.359. The van der Waals surface area contributed by atoms with Crippen molar-refractivity contribution < 1.29 is 18.7 Å². The maximum absolute atomic E-state index is 13.2. The minimum atomic E-state index is -0.299. The first-order valence-electron chi connectivity index (χ1n) is 11.4. The normalized spacial score (nSPS) is 13.9. The van der Waals surface area contributed by atoms with Gasteiger partial charge in [-0.15, -0.1) is 11.3 Å². The molecule has 184 valence electrons. The van der Waals surface area contributed by atoms with Crippen molar-refractivity contribution in [3.63, 3.8) is 0 Å². The monoisotopic (exact) mass is 497 g/mol. The number of hydrogen-bond donors (Lipinski definition) is 2. The number of nitrogens with zero attached hydrogens (tertiary/aromatic N) is 5. The van der Waals surface area contributed by atoms with E-state index in [0.29, 0.717) is 49.3 Å². The van der Waals surface area contributed by atoms with Crippen molar-refractivity contribution in [1.82, 2.24) is 20.2 Å². The Kier molecular flexibility index (Phi) is 6.93. The van der Waals surface area contributed by atoms with Gasteiger partial charge in [0, 0.05) is 56.5 Å². The number of likely N-dealkylation sites (N-methyl/N-ethyl adjacent to an activating group) is 1. The van der Waals surface area contributed by atoms with Crippen molar-refractivity contribution in [2.24, 2.45) is 0 Å². The summed E-state index contributed by atoms with van der Waals surface area (Å²) in [5, 5.41) is 12.2. The number of oxazole rings is 1. The number of H-pyrrole nitrogens is 1. The third-order valence-electron chi connectivity index (χ3n) is 5.79. The largest absolute Gasteiger partial charge is 0.423 e. The summed E-state index contributed by atoms with van der Waals surface area (Å²) < 4.78 is 16.8. The van der Waals surface area contributed by atoms with Gasteiger partial charge in [0.2, 0.25) is 0 Å². The fourth-order valence-electron chi connectivity index (χ4n) is 3.92. The summed E-state index contributed by atoms with van der Waals surface area (Å²) in [5.41, 5.74) is 3.98. The van der Waals surface area contributed by atoms with Crippen LogP contribution in [-0.2, 0) is 9.47 Å². The summed E-state index contributed by atoms with van der Waals surface area (Å²) in [7, 11) is 1.67. The molecule has 12 heteroatoms. The summed E-state index contributed by atoms with van der Waals surface area (Å²) in [5.74, 6) is -0.299. The molecule has 3 aromatic heterocycles. The molecule has 0 saturated carbocycles. The lowest BCUT2D eigenvalue weighted by Gasteiger charge is -2.25. The molecule has 1 aliphatic heterocycles. The molecule has 1 saturated heterocycles. The average Bonchev–Trinajstić information content (AvgIpc) is 3.65. The second kappa shape index (κ2) is 10.4. The topological polar surface area (TPSA) is 122 Å². The van der Waals surface area contributed by atoms with Crippen LogP contribution >= 0.6 is 11.3 Å². The van der Waals surface area contributed by atoms with Crippen LogP contribution in [0.3, 0.4) is 0 Å². The number of anilines is 3. The number of amides is 1. The number of hydrogen-bond acceptors (Lipinski definition) is 10. The Morgan fingerprint density at radius 1 is 1.31 bits per heavy atom. The number of nitrogens with one attached hydrogen (secondary N) is 2. The van der Waals surface area contributed by atoms with E-state index in [4.69, 9.17) is 18.9 Å². The van der Waals surface area contributed by atoms with Gasteiger partial charge in [0.15, 0.2) is 5.58 Å². The van der Waals surface area contributed by atoms with E-state index >= 15 is 0 Å². The van der Waals surface area contributed by atoms with Gasteiger partial charge in [-0.2, -0.15) is 10.1 Å². The van der Waals surface area contributed by atoms with Crippen LogP contribution < -0.4 is 15.1 Å². The van der Waals surface area contributed by atoms with E-state index in [9.17, 15) is 4.79 Å². The smallest absolute Gasteiger partial charge is 0.298 e. The first-order valence-corrected chi connectivity index (χ1v) is 12.3. The van der Waals surface area contributed by atoms with E-state index in [1.807, 2.05) is 12.1 Å². The van der Waals surface area contributed by atoms with E-state index < -0.39 is 0 Å². The molecule has 1 fully saturated rings. The summed E-state index contributed by atoms with van der Waals surface area (Å²) >= 11 is 1.39. The van der Waals surface area contributed by atoms with Crippen molar-refractivity contribution in [2.75, 3.05) is 68.2 Å². The summed E-state index contributed by atoms with van der Waals surface area (Å²) in [6.07, 6.45) is 3.43. The number of ether oxygens (including phenoxy) is 2. The van der Waals surface area contributed by atoms with Gasteiger partial charge < -0.3 is 29.0 Å². The molecule has 1 aliphatic rings. The number of carbonyl (C=O) groups is 1. The number of carbonyl (C=O) groups excluding carboxylic acids is 1. The van der Waals surface area contributed by atoms with E-state index in [2.05, 4.69) is 37.2 Å². The number of benzene rings is 1. The van der Waals surface area contributed by atoms with Crippen LogP contribution in [0.2, 0.25) is 0 Å². The highest BCUT2D eigenvalue weighted by Crippen LogP contribution is 2.34. The fraction of sp³-hybridized carbons (Fsp3) is 0.391. The molecule has 4 aromatic rings. The number of methoxy groups -OCH3 is 1. The number of aromatic nitrogens is 4. The highest BCUT2D eigenvalue weighted by atomic mass is 32.1. The Morgan fingerprint density at radius 3 is 2.91 bits per heavy atom. The van der Waals surface area contributed by atoms with Gasteiger partial charge in [0.25, 0.3) is 11.9 Å². The molecule has 2 N–H and O–H groups in total. The SMILES string of the molecule is CCN(CCOC)c1cc2nc(N3CCOCC3)oc2cc1NC(=O)c1csc(-c2cn[nH]c2)n1. The zero-order chi connectivity index (χ0) is 24.2. The molecule has 0 unspecified atom stereocenters. The Labute approximate surface area is 206 Å². The second-order valence-electron chi connectivity index (χ2n) is 7.98. The lowest BCUT2D eigenvalue weighted by Crippen LogP contribution is -2.36. The Bertz CT molecular complexity index is 1280. The highest BCUT2D eigenvalue weighted by molar-refractivity contribution is 7.13. The van der Waals surface area contributed by atoms with Crippen LogP contribution in [0.5, 0.6) is 0 Å². The number of fused-ring (bicyclic) bond motifs is 1. The van der Waals surface area contributed by atoms with E-state index in [1.165, 1.54) is 11.3 Å². The maximum Gasteiger partial charge on any atom is 0.298 e.